The van der Waals surface area contributed by atoms with Crippen molar-refractivity contribution in [3.05, 3.63) is 29.8 Å². The molecule has 0 bridgehead atoms. The number of para-hydroxylation sites is 1. The maximum Gasteiger partial charge on any atom is 0.0781 e. The summed E-state index contributed by atoms with van der Waals surface area (Å²) >= 11 is 0. The van der Waals surface area contributed by atoms with Crippen LogP contribution in [0.25, 0.3) is 0 Å². The number of nitrogens with zero attached hydrogens (tertiary/aromatic N) is 1. The molecule has 2 N–H and O–H groups in total. The lowest BCUT2D eigenvalue weighted by Crippen LogP contribution is -2.43. The van der Waals surface area contributed by atoms with Crippen LogP contribution in [0.2, 0.25) is 0 Å². The monoisotopic (exact) mass is 249 g/mol. The number of likely N-dealkylation sites (N-methyl/N-ethyl adjacent to an activating group) is 1. The highest BCUT2D eigenvalue weighted by Crippen LogP contribution is 2.31. The van der Waals surface area contributed by atoms with E-state index in [9.17, 15) is 10.2 Å². The van der Waals surface area contributed by atoms with Gasteiger partial charge in [-0.1, -0.05) is 31.0 Å². The van der Waals surface area contributed by atoms with E-state index in [1.807, 2.05) is 31.3 Å². The Hall–Kier alpha value is -1.06. The molecule has 1 aliphatic rings. The fraction of sp³-hybridized carbons (Fsp3) is 0.600. The van der Waals surface area contributed by atoms with Gasteiger partial charge < -0.3 is 15.1 Å². The van der Waals surface area contributed by atoms with Crippen LogP contribution in [-0.4, -0.2) is 29.4 Å². The summed E-state index contributed by atoms with van der Waals surface area (Å²) < 4.78 is 0. The highest BCUT2D eigenvalue weighted by molar-refractivity contribution is 5.55. The lowest BCUT2D eigenvalue weighted by molar-refractivity contribution is 0.106. The minimum atomic E-state index is -0.482. The van der Waals surface area contributed by atoms with Crippen molar-refractivity contribution >= 4 is 5.69 Å². The molecule has 2 unspecified atom stereocenters. The number of aliphatic hydroxyl groups is 2. The zero-order valence-corrected chi connectivity index (χ0v) is 11.2. The SMILES string of the molecule is C[C@@H](O)c1ccccc1N(C)C1CCCCC1O. The van der Waals surface area contributed by atoms with E-state index in [-0.39, 0.29) is 12.1 Å². The molecule has 1 aromatic carbocycles. The van der Waals surface area contributed by atoms with E-state index < -0.39 is 6.10 Å². The van der Waals surface area contributed by atoms with Crippen molar-refractivity contribution in [3.8, 4) is 0 Å². The lowest BCUT2D eigenvalue weighted by Gasteiger charge is -2.37. The van der Waals surface area contributed by atoms with E-state index in [1.54, 1.807) is 6.92 Å². The van der Waals surface area contributed by atoms with E-state index in [0.29, 0.717) is 0 Å². The van der Waals surface area contributed by atoms with Crippen LogP contribution in [-0.2, 0) is 0 Å². The van der Waals surface area contributed by atoms with Crippen LogP contribution in [0.3, 0.4) is 0 Å². The molecule has 0 amide bonds. The van der Waals surface area contributed by atoms with Gasteiger partial charge in [0.2, 0.25) is 0 Å². The molecule has 1 fully saturated rings. The maximum atomic E-state index is 10.1. The zero-order chi connectivity index (χ0) is 13.1. The molecule has 0 spiro atoms. The number of anilines is 1. The van der Waals surface area contributed by atoms with Crippen LogP contribution in [0.4, 0.5) is 5.69 Å². The number of benzene rings is 1. The molecule has 18 heavy (non-hydrogen) atoms. The third kappa shape index (κ3) is 2.68. The average molecular weight is 249 g/mol. The van der Waals surface area contributed by atoms with Crippen molar-refractivity contribution in [1.29, 1.82) is 0 Å². The lowest BCUT2D eigenvalue weighted by atomic mass is 9.91. The number of rotatable bonds is 3. The largest absolute Gasteiger partial charge is 0.391 e. The number of hydrogen-bond acceptors (Lipinski definition) is 3. The highest BCUT2D eigenvalue weighted by Gasteiger charge is 2.28. The summed E-state index contributed by atoms with van der Waals surface area (Å²) in [5, 5.41) is 20.0. The Bertz CT molecular complexity index is 392. The van der Waals surface area contributed by atoms with Gasteiger partial charge in [-0.15, -0.1) is 0 Å². The summed E-state index contributed by atoms with van der Waals surface area (Å²) in [5.41, 5.74) is 1.95. The summed E-state index contributed by atoms with van der Waals surface area (Å²) in [7, 11) is 2.01. The summed E-state index contributed by atoms with van der Waals surface area (Å²) in [4.78, 5) is 2.13. The standard InChI is InChI=1S/C15H23NO2/c1-11(17)12-7-3-4-8-13(12)16(2)14-9-5-6-10-15(14)18/h3-4,7-8,11,14-15,17-18H,5-6,9-10H2,1-2H3/t11-,14?,15?/m1/s1. The molecule has 0 aliphatic heterocycles. The van der Waals surface area contributed by atoms with Crippen molar-refractivity contribution in [1.82, 2.24) is 0 Å². The molecule has 1 aromatic rings. The second-order valence-electron chi connectivity index (χ2n) is 5.26. The van der Waals surface area contributed by atoms with Gasteiger partial charge in [-0.05, 0) is 25.8 Å². The Morgan fingerprint density at radius 1 is 1.22 bits per heavy atom. The molecule has 2 rings (SSSR count). The molecule has 0 heterocycles. The molecule has 1 aliphatic carbocycles. The van der Waals surface area contributed by atoms with E-state index in [2.05, 4.69) is 4.90 Å². The predicted molar refractivity (Wildman–Crippen MR) is 73.7 cm³/mol. The molecule has 1 saturated carbocycles. The Morgan fingerprint density at radius 3 is 2.56 bits per heavy atom. The number of aliphatic hydroxyl groups excluding tert-OH is 2. The minimum absolute atomic E-state index is 0.165. The Labute approximate surface area is 109 Å². The van der Waals surface area contributed by atoms with Crippen molar-refractivity contribution in [3.63, 3.8) is 0 Å². The summed E-state index contributed by atoms with van der Waals surface area (Å²) in [6, 6.07) is 8.05. The summed E-state index contributed by atoms with van der Waals surface area (Å²) in [6.07, 6.45) is 3.44. The van der Waals surface area contributed by atoms with Crippen LogP contribution >= 0.6 is 0 Å². The van der Waals surface area contributed by atoms with Crippen molar-refractivity contribution in [2.75, 3.05) is 11.9 Å². The zero-order valence-electron chi connectivity index (χ0n) is 11.2. The first kappa shape index (κ1) is 13.4. The quantitative estimate of drug-likeness (QED) is 0.865. The first-order valence-electron chi connectivity index (χ1n) is 6.79. The molecular formula is C15H23NO2. The molecule has 0 saturated heterocycles. The van der Waals surface area contributed by atoms with Gasteiger partial charge in [0.25, 0.3) is 0 Å². The van der Waals surface area contributed by atoms with Gasteiger partial charge in [0.1, 0.15) is 0 Å². The van der Waals surface area contributed by atoms with Crippen molar-refractivity contribution < 1.29 is 10.2 Å². The molecule has 3 nitrogen and oxygen atoms in total. The minimum Gasteiger partial charge on any atom is -0.391 e. The maximum absolute atomic E-state index is 10.1. The van der Waals surface area contributed by atoms with E-state index in [4.69, 9.17) is 0 Å². The normalized spacial score (nSPS) is 25.8. The highest BCUT2D eigenvalue weighted by atomic mass is 16.3. The number of hydrogen-bond donors (Lipinski definition) is 2. The van der Waals surface area contributed by atoms with Crippen LogP contribution in [0.15, 0.2) is 24.3 Å². The Balaban J connectivity index is 2.24. The van der Waals surface area contributed by atoms with Crippen LogP contribution in [0.5, 0.6) is 0 Å². The fourth-order valence-electron chi connectivity index (χ4n) is 2.88. The third-order valence-corrected chi connectivity index (χ3v) is 3.96. The van der Waals surface area contributed by atoms with E-state index in [1.165, 1.54) is 6.42 Å². The first-order chi connectivity index (χ1) is 8.61. The van der Waals surface area contributed by atoms with E-state index >= 15 is 0 Å². The van der Waals surface area contributed by atoms with Gasteiger partial charge in [-0.25, -0.2) is 0 Å². The van der Waals surface area contributed by atoms with Gasteiger partial charge >= 0.3 is 0 Å². The first-order valence-corrected chi connectivity index (χ1v) is 6.79. The van der Waals surface area contributed by atoms with Crippen molar-refractivity contribution in [2.45, 2.75) is 50.9 Å². The van der Waals surface area contributed by atoms with Crippen LogP contribution < -0.4 is 4.90 Å². The van der Waals surface area contributed by atoms with Crippen LogP contribution in [0.1, 0.15) is 44.3 Å². The molecule has 100 valence electrons. The van der Waals surface area contributed by atoms with Gasteiger partial charge in [0.05, 0.1) is 18.2 Å². The molecule has 3 heteroatoms. The van der Waals surface area contributed by atoms with Gasteiger partial charge in [0, 0.05) is 18.3 Å². The smallest absolute Gasteiger partial charge is 0.0781 e. The van der Waals surface area contributed by atoms with Crippen LogP contribution in [0, 0.1) is 0 Å². The molecule has 0 aromatic heterocycles. The summed E-state index contributed by atoms with van der Waals surface area (Å²) in [5.74, 6) is 0. The van der Waals surface area contributed by atoms with E-state index in [0.717, 1.165) is 30.5 Å². The Kier molecular flexibility index (Phi) is 4.25. The fourth-order valence-corrected chi connectivity index (χ4v) is 2.88. The third-order valence-electron chi connectivity index (χ3n) is 3.96. The van der Waals surface area contributed by atoms with Crippen molar-refractivity contribution in [2.24, 2.45) is 0 Å². The predicted octanol–water partition coefficient (Wildman–Crippen LogP) is 2.48. The van der Waals surface area contributed by atoms with Gasteiger partial charge in [0.15, 0.2) is 0 Å². The summed E-state index contributed by atoms with van der Waals surface area (Å²) in [6.45, 7) is 1.78. The topological polar surface area (TPSA) is 43.7 Å². The molecule has 3 atom stereocenters. The Morgan fingerprint density at radius 2 is 1.89 bits per heavy atom. The average Bonchev–Trinajstić information content (AvgIpc) is 2.38. The molecule has 0 radical (unpaired) electrons. The second kappa shape index (κ2) is 5.72. The van der Waals surface area contributed by atoms with Gasteiger partial charge in [-0.3, -0.25) is 0 Å². The molecular weight excluding hydrogens is 226 g/mol. The van der Waals surface area contributed by atoms with Gasteiger partial charge in [-0.2, -0.15) is 0 Å². The second-order valence-corrected chi connectivity index (χ2v) is 5.26.